The first-order valence-corrected chi connectivity index (χ1v) is 18.8. The number of hydrogen-bond acceptors (Lipinski definition) is 1. The first kappa shape index (κ1) is 32.3. The van der Waals surface area contributed by atoms with Crippen molar-refractivity contribution in [2.24, 2.45) is 22.7 Å². The van der Waals surface area contributed by atoms with Gasteiger partial charge in [-0.1, -0.05) is 103 Å². The molecule has 3 heteroatoms. The van der Waals surface area contributed by atoms with Crippen LogP contribution in [0.2, 0.25) is 18.1 Å². The van der Waals surface area contributed by atoms with Gasteiger partial charge in [-0.3, -0.25) is 0 Å². The van der Waals surface area contributed by atoms with Crippen LogP contribution in [-0.2, 0) is 4.43 Å². The molecule has 2 fully saturated rings. The minimum absolute atomic E-state index is 0.0522. The molecule has 0 aliphatic heterocycles. The largest absolute Gasteiger partial charge is 0.413 e. The standard InChI is InChI=1S/C36H59FOSi/c1-12-35(8,13-2)22-14-16-26(3)31-20-21-32-28(17-15-23-36(31,32)9)18-19-29-24-30(25-33(37)27(29)4)38-39(10,11)34(5,6)7/h14,18-20,22,26,30,32-33H,4,12-13,15-17,21,23-25H2,1-3,5-11H3/b22-14+,28-18+,29-19-/t26-,30+,32-,33-,36+/m0/s1. The third kappa shape index (κ3) is 7.18. The van der Waals surface area contributed by atoms with E-state index in [1.807, 2.05) is 0 Å². The van der Waals surface area contributed by atoms with Crippen molar-refractivity contribution in [1.82, 2.24) is 0 Å². The number of allylic oxidation sites excluding steroid dienone is 8. The molecule has 0 aromatic rings. The van der Waals surface area contributed by atoms with Gasteiger partial charge >= 0.3 is 0 Å². The predicted octanol–water partition coefficient (Wildman–Crippen LogP) is 11.5. The highest BCUT2D eigenvalue weighted by Crippen LogP contribution is 2.57. The third-order valence-corrected chi connectivity index (χ3v) is 15.8. The van der Waals surface area contributed by atoms with Gasteiger partial charge in [0.2, 0.25) is 0 Å². The Hall–Kier alpha value is -1.19. The number of alkyl halides is 1. The zero-order valence-corrected chi connectivity index (χ0v) is 28.1. The van der Waals surface area contributed by atoms with Crippen LogP contribution in [0.15, 0.2) is 59.3 Å². The third-order valence-electron chi connectivity index (χ3n) is 11.2. The molecule has 39 heavy (non-hydrogen) atoms. The van der Waals surface area contributed by atoms with Crippen LogP contribution in [0.3, 0.4) is 0 Å². The second-order valence-electron chi connectivity index (χ2n) is 15.0. The van der Waals surface area contributed by atoms with Crippen molar-refractivity contribution in [3.63, 3.8) is 0 Å². The second kappa shape index (κ2) is 12.4. The van der Waals surface area contributed by atoms with Crippen molar-refractivity contribution < 1.29 is 8.82 Å². The highest BCUT2D eigenvalue weighted by molar-refractivity contribution is 6.74. The van der Waals surface area contributed by atoms with Crippen molar-refractivity contribution in [3.05, 3.63) is 59.3 Å². The monoisotopic (exact) mass is 554 g/mol. The topological polar surface area (TPSA) is 9.23 Å². The van der Waals surface area contributed by atoms with Crippen LogP contribution < -0.4 is 0 Å². The van der Waals surface area contributed by atoms with E-state index >= 15 is 4.39 Å². The highest BCUT2D eigenvalue weighted by Gasteiger charge is 2.46. The first-order valence-electron chi connectivity index (χ1n) is 15.9. The summed E-state index contributed by atoms with van der Waals surface area (Å²) in [4.78, 5) is 0. The summed E-state index contributed by atoms with van der Waals surface area (Å²) in [7, 11) is -1.95. The molecule has 0 saturated heterocycles. The van der Waals surface area contributed by atoms with E-state index in [1.165, 1.54) is 25.7 Å². The summed E-state index contributed by atoms with van der Waals surface area (Å²) in [6.07, 6.45) is 20.5. The lowest BCUT2D eigenvalue weighted by atomic mass is 9.62. The Morgan fingerprint density at radius 1 is 1.18 bits per heavy atom. The molecule has 0 spiro atoms. The van der Waals surface area contributed by atoms with Crippen LogP contribution in [0.4, 0.5) is 4.39 Å². The zero-order valence-electron chi connectivity index (χ0n) is 27.1. The van der Waals surface area contributed by atoms with Gasteiger partial charge in [0.1, 0.15) is 6.17 Å². The van der Waals surface area contributed by atoms with Crippen molar-refractivity contribution >= 4 is 8.32 Å². The fraction of sp³-hybridized carbons (Fsp3) is 0.722. The van der Waals surface area contributed by atoms with E-state index in [4.69, 9.17) is 4.43 Å². The summed E-state index contributed by atoms with van der Waals surface area (Å²) in [5.41, 5.74) is 5.49. The van der Waals surface area contributed by atoms with Crippen LogP contribution in [0.5, 0.6) is 0 Å². The van der Waals surface area contributed by atoms with Gasteiger partial charge in [-0.15, -0.1) is 0 Å². The summed E-state index contributed by atoms with van der Waals surface area (Å²) >= 11 is 0. The van der Waals surface area contributed by atoms with Gasteiger partial charge < -0.3 is 4.43 Å². The van der Waals surface area contributed by atoms with Crippen LogP contribution in [0.1, 0.15) is 113 Å². The number of hydrogen-bond donors (Lipinski definition) is 0. The first-order chi connectivity index (χ1) is 18.1. The van der Waals surface area contributed by atoms with E-state index in [0.717, 1.165) is 31.3 Å². The van der Waals surface area contributed by atoms with E-state index < -0.39 is 14.5 Å². The minimum Gasteiger partial charge on any atom is -0.413 e. The Bertz CT molecular complexity index is 1000. The fourth-order valence-electron chi connectivity index (χ4n) is 6.89. The maximum atomic E-state index is 15.1. The maximum Gasteiger partial charge on any atom is 0.192 e. The molecule has 0 aromatic carbocycles. The van der Waals surface area contributed by atoms with Gasteiger partial charge in [-0.25, -0.2) is 4.39 Å². The molecule has 0 radical (unpaired) electrons. The summed E-state index contributed by atoms with van der Waals surface area (Å²) < 4.78 is 21.8. The van der Waals surface area contributed by atoms with Crippen LogP contribution >= 0.6 is 0 Å². The molecule has 5 atom stereocenters. The SMILES string of the molecule is C=C1/C(=C\C=C2/CCC[C@]3(C)C([C@@H](C)C/C=C/C(C)(CC)CC)=CC[C@@H]23)C[C@@H](O[Si](C)(C)C(C)(C)C)C[C@@H]1F. The zero-order chi connectivity index (χ0) is 29.2. The van der Waals surface area contributed by atoms with E-state index in [1.54, 1.807) is 11.1 Å². The van der Waals surface area contributed by atoms with Gasteiger partial charge in [0.25, 0.3) is 0 Å². The van der Waals surface area contributed by atoms with Gasteiger partial charge in [-0.2, -0.15) is 0 Å². The molecule has 3 aliphatic carbocycles. The Morgan fingerprint density at radius 2 is 1.85 bits per heavy atom. The van der Waals surface area contributed by atoms with Crippen molar-refractivity contribution in [1.29, 1.82) is 0 Å². The maximum absolute atomic E-state index is 15.1. The van der Waals surface area contributed by atoms with E-state index in [0.29, 0.717) is 29.2 Å². The number of halogens is 1. The van der Waals surface area contributed by atoms with Crippen LogP contribution in [0, 0.1) is 22.7 Å². The minimum atomic E-state index is -1.95. The lowest BCUT2D eigenvalue weighted by molar-refractivity contribution is 0.131. The molecule has 0 heterocycles. The summed E-state index contributed by atoms with van der Waals surface area (Å²) in [5, 5.41) is 0.122. The normalized spacial score (nSPS) is 31.7. The molecule has 1 nitrogen and oxygen atoms in total. The average molecular weight is 555 g/mol. The molecule has 2 saturated carbocycles. The van der Waals surface area contributed by atoms with Gasteiger partial charge in [0, 0.05) is 6.42 Å². The molecular weight excluding hydrogens is 495 g/mol. The summed E-state index contributed by atoms with van der Waals surface area (Å²) in [6.45, 7) is 27.4. The lowest BCUT2D eigenvalue weighted by Gasteiger charge is -2.42. The molecule has 0 amide bonds. The fourth-order valence-corrected chi connectivity index (χ4v) is 8.25. The molecular formula is C36H59FOSi. The Morgan fingerprint density at radius 3 is 2.46 bits per heavy atom. The molecule has 3 aliphatic rings. The van der Waals surface area contributed by atoms with Gasteiger partial charge in [0.15, 0.2) is 8.32 Å². The number of rotatable bonds is 9. The highest BCUT2D eigenvalue weighted by atomic mass is 28.4. The van der Waals surface area contributed by atoms with Crippen molar-refractivity contribution in [2.75, 3.05) is 0 Å². The van der Waals surface area contributed by atoms with Gasteiger partial charge in [0.05, 0.1) is 6.10 Å². The molecule has 0 bridgehead atoms. The Labute approximate surface area is 242 Å². The summed E-state index contributed by atoms with van der Waals surface area (Å²) in [5.74, 6) is 1.14. The van der Waals surface area contributed by atoms with E-state index in [2.05, 4.69) is 105 Å². The lowest BCUT2D eigenvalue weighted by Crippen LogP contribution is -2.45. The van der Waals surface area contributed by atoms with Crippen molar-refractivity contribution in [3.8, 4) is 0 Å². The molecule has 0 unspecified atom stereocenters. The number of fused-ring (bicyclic) bond motifs is 1. The quantitative estimate of drug-likeness (QED) is 0.203. The van der Waals surface area contributed by atoms with Crippen molar-refractivity contribution in [2.45, 2.75) is 144 Å². The second-order valence-corrected chi connectivity index (χ2v) is 19.7. The average Bonchev–Trinajstić information content (AvgIpc) is 3.21. The van der Waals surface area contributed by atoms with Crippen LogP contribution in [-0.4, -0.2) is 20.6 Å². The van der Waals surface area contributed by atoms with Crippen LogP contribution in [0.25, 0.3) is 0 Å². The smallest absolute Gasteiger partial charge is 0.192 e. The summed E-state index contributed by atoms with van der Waals surface area (Å²) in [6, 6.07) is 0. The molecule has 220 valence electrons. The van der Waals surface area contributed by atoms with E-state index in [9.17, 15) is 0 Å². The van der Waals surface area contributed by atoms with E-state index in [-0.39, 0.29) is 16.6 Å². The Kier molecular flexibility index (Phi) is 10.2. The Balaban J connectivity index is 1.75. The predicted molar refractivity (Wildman–Crippen MR) is 171 cm³/mol. The molecule has 0 N–H and O–H groups in total. The van der Waals surface area contributed by atoms with Gasteiger partial charge in [-0.05, 0) is 103 Å². The molecule has 3 rings (SSSR count). The molecule has 0 aromatic heterocycles.